The molecule has 0 atom stereocenters. The van der Waals surface area contributed by atoms with Crippen molar-refractivity contribution in [2.75, 3.05) is 18.1 Å². The van der Waals surface area contributed by atoms with Crippen molar-refractivity contribution in [1.29, 1.82) is 0 Å². The highest BCUT2D eigenvalue weighted by Crippen LogP contribution is 2.35. The van der Waals surface area contributed by atoms with Crippen LogP contribution in [-0.2, 0) is 6.54 Å². The van der Waals surface area contributed by atoms with Gasteiger partial charge in [0.25, 0.3) is 0 Å². The molecule has 0 fully saturated rings. The molecule has 0 radical (unpaired) electrons. The molecule has 0 aliphatic rings. The number of rotatable bonds is 6. The molecule has 0 aliphatic heterocycles. The fraction of sp³-hybridized carbons (Fsp3) is 0.158. The summed E-state index contributed by atoms with van der Waals surface area (Å²) in [5.74, 6) is 0.0796. The molecule has 3 aromatic rings. The monoisotopic (exact) mass is 407 g/mol. The summed E-state index contributed by atoms with van der Waals surface area (Å²) >= 11 is 11.9. The molecule has 0 saturated heterocycles. The van der Waals surface area contributed by atoms with Crippen LogP contribution in [0.1, 0.15) is 5.56 Å². The van der Waals surface area contributed by atoms with Gasteiger partial charge in [-0.1, -0.05) is 35.3 Å². The molecular formula is C19H16Cl2FN3O2. The molecule has 3 rings (SSSR count). The standard InChI is InChI=1S/C19H16Cl2FN3O2/c20-15-9-13(10-16(21)19(15)27)17-5-6-18(24-23-17)25(7-8-26)11-12-1-3-14(22)4-2-12/h1-6,9-10,26-27H,7-8,11H2. The topological polar surface area (TPSA) is 69.5 Å². The van der Waals surface area contributed by atoms with Gasteiger partial charge in [0.1, 0.15) is 5.82 Å². The van der Waals surface area contributed by atoms with Gasteiger partial charge >= 0.3 is 0 Å². The molecule has 8 heteroatoms. The van der Waals surface area contributed by atoms with Gasteiger partial charge in [-0.2, -0.15) is 0 Å². The van der Waals surface area contributed by atoms with E-state index in [1.807, 2.05) is 4.90 Å². The number of hydrogen-bond acceptors (Lipinski definition) is 5. The van der Waals surface area contributed by atoms with E-state index in [0.29, 0.717) is 30.2 Å². The molecule has 0 spiro atoms. The summed E-state index contributed by atoms with van der Waals surface area (Å²) in [4.78, 5) is 1.83. The van der Waals surface area contributed by atoms with Crippen LogP contribution >= 0.6 is 23.2 Å². The Kier molecular flexibility index (Phi) is 6.11. The van der Waals surface area contributed by atoms with Crippen molar-refractivity contribution in [2.24, 2.45) is 0 Å². The number of phenols is 1. The van der Waals surface area contributed by atoms with Crippen molar-refractivity contribution < 1.29 is 14.6 Å². The fourth-order valence-corrected chi connectivity index (χ4v) is 3.05. The fourth-order valence-electron chi connectivity index (χ4n) is 2.57. The highest BCUT2D eigenvalue weighted by Gasteiger charge is 2.12. The normalized spacial score (nSPS) is 10.8. The van der Waals surface area contributed by atoms with Gasteiger partial charge in [0.2, 0.25) is 0 Å². The summed E-state index contributed by atoms with van der Waals surface area (Å²) in [6.07, 6.45) is 0. The summed E-state index contributed by atoms with van der Waals surface area (Å²) in [5, 5.41) is 27.6. The summed E-state index contributed by atoms with van der Waals surface area (Å²) in [7, 11) is 0. The van der Waals surface area contributed by atoms with Gasteiger partial charge in [-0.05, 0) is 42.0 Å². The van der Waals surface area contributed by atoms with Gasteiger partial charge in [-0.25, -0.2) is 4.39 Å². The van der Waals surface area contributed by atoms with Gasteiger partial charge in [-0.3, -0.25) is 0 Å². The lowest BCUT2D eigenvalue weighted by atomic mass is 10.1. The Morgan fingerprint density at radius 1 is 0.963 bits per heavy atom. The summed E-state index contributed by atoms with van der Waals surface area (Å²) < 4.78 is 13.1. The molecule has 5 nitrogen and oxygen atoms in total. The Balaban J connectivity index is 1.84. The van der Waals surface area contributed by atoms with E-state index < -0.39 is 0 Å². The predicted octanol–water partition coefficient (Wildman–Crippen LogP) is 4.29. The maximum Gasteiger partial charge on any atom is 0.152 e. The molecule has 0 saturated carbocycles. The average molecular weight is 408 g/mol. The molecule has 0 unspecified atom stereocenters. The SMILES string of the molecule is OCCN(Cc1ccc(F)cc1)c1ccc(-c2cc(Cl)c(O)c(Cl)c2)nn1. The van der Waals surface area contributed by atoms with Gasteiger partial charge in [0, 0.05) is 18.7 Å². The predicted molar refractivity (Wildman–Crippen MR) is 104 cm³/mol. The van der Waals surface area contributed by atoms with Crippen LogP contribution < -0.4 is 4.90 Å². The van der Waals surface area contributed by atoms with Crippen LogP contribution in [0.2, 0.25) is 10.0 Å². The number of aromatic hydroxyl groups is 1. The van der Waals surface area contributed by atoms with E-state index in [1.54, 1.807) is 36.4 Å². The molecule has 1 heterocycles. The number of aliphatic hydroxyl groups excluding tert-OH is 1. The van der Waals surface area contributed by atoms with Gasteiger partial charge < -0.3 is 15.1 Å². The Morgan fingerprint density at radius 2 is 1.63 bits per heavy atom. The lowest BCUT2D eigenvalue weighted by Crippen LogP contribution is -2.27. The first-order valence-corrected chi connectivity index (χ1v) is 8.86. The van der Waals surface area contributed by atoms with Crippen LogP contribution in [0.3, 0.4) is 0 Å². The van der Waals surface area contributed by atoms with Crippen molar-refractivity contribution >= 4 is 29.0 Å². The van der Waals surface area contributed by atoms with Gasteiger partial charge in [0.15, 0.2) is 11.6 Å². The van der Waals surface area contributed by atoms with Crippen molar-refractivity contribution in [3.8, 4) is 17.0 Å². The van der Waals surface area contributed by atoms with E-state index in [9.17, 15) is 14.6 Å². The Hall–Kier alpha value is -2.41. The maximum atomic E-state index is 13.1. The van der Waals surface area contributed by atoms with E-state index in [-0.39, 0.29) is 28.2 Å². The van der Waals surface area contributed by atoms with E-state index in [4.69, 9.17) is 23.2 Å². The molecule has 0 amide bonds. The van der Waals surface area contributed by atoms with Crippen LogP contribution in [0, 0.1) is 5.82 Å². The molecule has 27 heavy (non-hydrogen) atoms. The Bertz CT molecular complexity index is 898. The third-order valence-electron chi connectivity index (χ3n) is 3.94. The highest BCUT2D eigenvalue weighted by molar-refractivity contribution is 6.37. The summed E-state index contributed by atoms with van der Waals surface area (Å²) in [6, 6.07) is 12.8. The molecule has 0 aliphatic carbocycles. The highest BCUT2D eigenvalue weighted by atomic mass is 35.5. The van der Waals surface area contributed by atoms with Crippen molar-refractivity contribution in [3.63, 3.8) is 0 Å². The number of aliphatic hydroxyl groups is 1. The van der Waals surface area contributed by atoms with Gasteiger partial charge in [0.05, 0.1) is 22.3 Å². The van der Waals surface area contributed by atoms with Crippen LogP contribution in [0.25, 0.3) is 11.3 Å². The summed E-state index contributed by atoms with van der Waals surface area (Å²) in [5.41, 5.74) is 2.04. The molecule has 2 N–H and O–H groups in total. The van der Waals surface area contributed by atoms with Crippen LogP contribution in [0.5, 0.6) is 5.75 Å². The lowest BCUT2D eigenvalue weighted by Gasteiger charge is -2.22. The number of anilines is 1. The van der Waals surface area contributed by atoms with Crippen molar-refractivity contribution in [2.45, 2.75) is 6.54 Å². The van der Waals surface area contributed by atoms with Gasteiger partial charge in [-0.15, -0.1) is 10.2 Å². The quantitative estimate of drug-likeness (QED) is 0.637. The van der Waals surface area contributed by atoms with Crippen molar-refractivity contribution in [1.82, 2.24) is 10.2 Å². The smallest absolute Gasteiger partial charge is 0.152 e. The zero-order valence-electron chi connectivity index (χ0n) is 14.1. The number of phenolic OH excluding ortho intramolecular Hbond substituents is 1. The van der Waals surface area contributed by atoms with Crippen LogP contribution in [0.4, 0.5) is 10.2 Å². The van der Waals surface area contributed by atoms with E-state index in [2.05, 4.69) is 10.2 Å². The largest absolute Gasteiger partial charge is 0.505 e. The Labute approximate surface area is 165 Å². The molecular weight excluding hydrogens is 392 g/mol. The summed E-state index contributed by atoms with van der Waals surface area (Å²) in [6.45, 7) is 0.738. The first-order chi connectivity index (χ1) is 13.0. The maximum absolute atomic E-state index is 13.1. The minimum absolute atomic E-state index is 0.0617. The molecule has 1 aromatic heterocycles. The second-order valence-corrected chi connectivity index (χ2v) is 6.65. The second-order valence-electron chi connectivity index (χ2n) is 5.84. The minimum atomic E-state index is -0.303. The van der Waals surface area contributed by atoms with Crippen LogP contribution in [0.15, 0.2) is 48.5 Å². The van der Waals surface area contributed by atoms with E-state index >= 15 is 0 Å². The first-order valence-electron chi connectivity index (χ1n) is 8.10. The first kappa shape index (κ1) is 19.4. The Morgan fingerprint density at radius 3 is 2.19 bits per heavy atom. The minimum Gasteiger partial charge on any atom is -0.505 e. The van der Waals surface area contributed by atoms with Crippen LogP contribution in [-0.4, -0.2) is 33.6 Å². The van der Waals surface area contributed by atoms with E-state index in [1.165, 1.54) is 12.1 Å². The number of hydrogen-bond donors (Lipinski definition) is 2. The molecule has 140 valence electrons. The number of benzene rings is 2. The number of nitrogens with zero attached hydrogens (tertiary/aromatic N) is 3. The molecule has 2 aromatic carbocycles. The number of aromatic nitrogens is 2. The zero-order chi connectivity index (χ0) is 19.4. The third kappa shape index (κ3) is 4.66. The zero-order valence-corrected chi connectivity index (χ0v) is 15.6. The van der Waals surface area contributed by atoms with E-state index in [0.717, 1.165) is 5.56 Å². The van der Waals surface area contributed by atoms with Crippen molar-refractivity contribution in [3.05, 3.63) is 70.0 Å². The molecule has 0 bridgehead atoms. The third-order valence-corrected chi connectivity index (χ3v) is 4.52. The average Bonchev–Trinajstić information content (AvgIpc) is 2.67. The number of halogens is 3. The lowest BCUT2D eigenvalue weighted by molar-refractivity contribution is 0.301. The second kappa shape index (κ2) is 8.52.